The summed E-state index contributed by atoms with van der Waals surface area (Å²) in [5.41, 5.74) is 0.502. The van der Waals surface area contributed by atoms with Crippen LogP contribution in [0.25, 0.3) is 0 Å². The summed E-state index contributed by atoms with van der Waals surface area (Å²) in [6.45, 7) is 4.05. The van der Waals surface area contributed by atoms with Crippen LogP contribution in [0.3, 0.4) is 0 Å². The lowest BCUT2D eigenvalue weighted by Crippen LogP contribution is -2.37. The maximum absolute atomic E-state index is 11.9. The summed E-state index contributed by atoms with van der Waals surface area (Å²) < 4.78 is 10.3. The third-order valence-electron chi connectivity index (χ3n) is 3.04. The third-order valence-corrected chi connectivity index (χ3v) is 3.34. The molecule has 112 valence electrons. The molecule has 1 aromatic rings. The van der Waals surface area contributed by atoms with E-state index >= 15 is 0 Å². The molecule has 0 spiro atoms. The van der Waals surface area contributed by atoms with Gasteiger partial charge in [-0.25, -0.2) is 4.79 Å². The van der Waals surface area contributed by atoms with Crippen LogP contribution in [0.5, 0.6) is 11.5 Å². The van der Waals surface area contributed by atoms with Crippen molar-refractivity contribution in [2.45, 2.75) is 32.7 Å². The Morgan fingerprint density at radius 1 is 1.20 bits per heavy atom. The molecule has 0 aliphatic heterocycles. The lowest BCUT2D eigenvalue weighted by atomic mass is 10.2. The number of hydrogen-bond donors (Lipinski definition) is 2. The Hall–Kier alpha value is -1.62. The highest BCUT2D eigenvalue weighted by molar-refractivity contribution is 6.32. The zero-order chi connectivity index (χ0) is 15.1. The van der Waals surface area contributed by atoms with Crippen molar-refractivity contribution in [2.75, 3.05) is 19.5 Å². The Morgan fingerprint density at radius 2 is 1.80 bits per heavy atom. The lowest BCUT2D eigenvalue weighted by molar-refractivity contribution is 0.247. The van der Waals surface area contributed by atoms with Crippen LogP contribution in [0.15, 0.2) is 12.1 Å². The highest BCUT2D eigenvalue weighted by atomic mass is 35.5. The number of benzene rings is 1. The molecule has 2 amide bonds. The van der Waals surface area contributed by atoms with E-state index < -0.39 is 0 Å². The summed E-state index contributed by atoms with van der Waals surface area (Å²) >= 11 is 6.05. The molecule has 0 bridgehead atoms. The van der Waals surface area contributed by atoms with Gasteiger partial charge in [0.1, 0.15) is 11.5 Å². The van der Waals surface area contributed by atoms with Crippen molar-refractivity contribution in [1.29, 1.82) is 0 Å². The van der Waals surface area contributed by atoms with Crippen molar-refractivity contribution in [3.63, 3.8) is 0 Å². The van der Waals surface area contributed by atoms with E-state index in [9.17, 15) is 4.79 Å². The van der Waals surface area contributed by atoms with E-state index in [0.29, 0.717) is 22.2 Å². The highest BCUT2D eigenvalue weighted by Crippen LogP contribution is 2.35. The first kappa shape index (κ1) is 16.4. The van der Waals surface area contributed by atoms with Gasteiger partial charge in [-0.05, 0) is 18.9 Å². The summed E-state index contributed by atoms with van der Waals surface area (Å²) in [7, 11) is 3.04. The van der Waals surface area contributed by atoms with Gasteiger partial charge in [-0.15, -0.1) is 0 Å². The van der Waals surface area contributed by atoms with Gasteiger partial charge in [-0.2, -0.15) is 0 Å². The van der Waals surface area contributed by atoms with Crippen molar-refractivity contribution in [3.8, 4) is 11.5 Å². The molecule has 0 aromatic heterocycles. The quantitative estimate of drug-likeness (QED) is 0.842. The van der Waals surface area contributed by atoms with E-state index in [1.165, 1.54) is 14.2 Å². The molecule has 0 saturated heterocycles. The predicted octanol–water partition coefficient (Wildman–Crippen LogP) is 3.67. The van der Waals surface area contributed by atoms with Crippen LogP contribution < -0.4 is 20.1 Å². The van der Waals surface area contributed by atoms with Gasteiger partial charge in [-0.3, -0.25) is 0 Å². The maximum atomic E-state index is 11.9. The minimum absolute atomic E-state index is 0.148. The Balaban J connectivity index is 2.86. The molecule has 6 heteroatoms. The first-order chi connectivity index (χ1) is 9.55. The van der Waals surface area contributed by atoms with Crippen molar-refractivity contribution in [1.82, 2.24) is 5.32 Å². The Bertz CT molecular complexity index is 462. The fourth-order valence-corrected chi connectivity index (χ4v) is 2.04. The number of anilines is 1. The zero-order valence-corrected chi connectivity index (χ0v) is 13.0. The topological polar surface area (TPSA) is 59.6 Å². The third kappa shape index (κ3) is 4.20. The Labute approximate surface area is 124 Å². The number of nitrogens with one attached hydrogen (secondary N) is 2. The Morgan fingerprint density at radius 3 is 2.30 bits per heavy atom. The van der Waals surface area contributed by atoms with Gasteiger partial charge in [0.2, 0.25) is 0 Å². The summed E-state index contributed by atoms with van der Waals surface area (Å²) in [5.74, 6) is 0.986. The molecule has 5 nitrogen and oxygen atoms in total. The number of amides is 2. The van der Waals surface area contributed by atoms with Gasteiger partial charge < -0.3 is 20.1 Å². The van der Waals surface area contributed by atoms with Gasteiger partial charge in [0.05, 0.1) is 24.9 Å². The molecule has 0 atom stereocenters. The lowest BCUT2D eigenvalue weighted by Gasteiger charge is -2.17. The smallest absolute Gasteiger partial charge is 0.319 e. The first-order valence-corrected chi connectivity index (χ1v) is 6.92. The predicted molar refractivity (Wildman–Crippen MR) is 81.1 cm³/mol. The second kappa shape index (κ2) is 7.85. The van der Waals surface area contributed by atoms with Gasteiger partial charge >= 0.3 is 6.03 Å². The van der Waals surface area contributed by atoms with Crippen LogP contribution in [-0.2, 0) is 0 Å². The number of ether oxygens (including phenoxy) is 2. The molecule has 0 saturated carbocycles. The molecule has 1 aromatic carbocycles. The molecule has 20 heavy (non-hydrogen) atoms. The van der Waals surface area contributed by atoms with Crippen LogP contribution in [0, 0.1) is 0 Å². The standard InChI is InChI=1S/C14H21ClN2O3/c1-5-9(6-2)16-14(18)17-11-7-10(15)12(19-3)8-13(11)20-4/h7-9H,5-6H2,1-4H3,(H2,16,17,18). The SMILES string of the molecule is CCC(CC)NC(=O)Nc1cc(Cl)c(OC)cc1OC. The minimum atomic E-state index is -0.279. The van der Waals surface area contributed by atoms with E-state index in [-0.39, 0.29) is 12.1 Å². The maximum Gasteiger partial charge on any atom is 0.319 e. The molecular weight excluding hydrogens is 280 g/mol. The monoisotopic (exact) mass is 300 g/mol. The zero-order valence-electron chi connectivity index (χ0n) is 12.2. The summed E-state index contributed by atoms with van der Waals surface area (Å²) in [6.07, 6.45) is 1.76. The summed E-state index contributed by atoms with van der Waals surface area (Å²) in [5, 5.41) is 6.03. The minimum Gasteiger partial charge on any atom is -0.495 e. The number of rotatable bonds is 6. The molecular formula is C14H21ClN2O3. The fraction of sp³-hybridized carbons (Fsp3) is 0.500. The molecule has 0 fully saturated rings. The van der Waals surface area contributed by atoms with Crippen LogP contribution in [0.4, 0.5) is 10.5 Å². The van der Waals surface area contributed by atoms with Crippen LogP contribution >= 0.6 is 11.6 Å². The van der Waals surface area contributed by atoms with E-state index in [1.54, 1.807) is 12.1 Å². The van der Waals surface area contributed by atoms with E-state index in [4.69, 9.17) is 21.1 Å². The molecule has 2 N–H and O–H groups in total. The van der Waals surface area contributed by atoms with Crippen LogP contribution in [0.1, 0.15) is 26.7 Å². The average molecular weight is 301 g/mol. The molecule has 1 rings (SSSR count). The molecule has 0 aliphatic carbocycles. The summed E-state index contributed by atoms with van der Waals surface area (Å²) in [6, 6.07) is 3.11. The molecule has 0 aliphatic rings. The van der Waals surface area contributed by atoms with Gasteiger partial charge in [0.15, 0.2) is 0 Å². The van der Waals surface area contributed by atoms with E-state index in [2.05, 4.69) is 10.6 Å². The number of carbonyl (C=O) groups excluding carboxylic acids is 1. The molecule has 0 heterocycles. The van der Waals surface area contributed by atoms with Gasteiger partial charge in [0, 0.05) is 12.1 Å². The molecule has 0 radical (unpaired) electrons. The van der Waals surface area contributed by atoms with Crippen LogP contribution in [-0.4, -0.2) is 26.3 Å². The average Bonchev–Trinajstić information content (AvgIpc) is 2.45. The number of methoxy groups -OCH3 is 2. The van der Waals surface area contributed by atoms with Crippen molar-refractivity contribution < 1.29 is 14.3 Å². The largest absolute Gasteiger partial charge is 0.495 e. The normalized spacial score (nSPS) is 10.3. The number of carbonyl (C=O) groups is 1. The second-order valence-corrected chi connectivity index (χ2v) is 4.71. The first-order valence-electron chi connectivity index (χ1n) is 6.54. The second-order valence-electron chi connectivity index (χ2n) is 4.30. The number of halogens is 1. The molecule has 0 unspecified atom stereocenters. The fourth-order valence-electron chi connectivity index (χ4n) is 1.79. The summed E-state index contributed by atoms with van der Waals surface area (Å²) in [4.78, 5) is 11.9. The van der Waals surface area contributed by atoms with Crippen molar-refractivity contribution in [3.05, 3.63) is 17.2 Å². The van der Waals surface area contributed by atoms with Crippen LogP contribution in [0.2, 0.25) is 5.02 Å². The number of urea groups is 1. The van der Waals surface area contributed by atoms with Gasteiger partial charge in [0.25, 0.3) is 0 Å². The van der Waals surface area contributed by atoms with E-state index in [1.807, 2.05) is 13.8 Å². The van der Waals surface area contributed by atoms with Crippen molar-refractivity contribution >= 4 is 23.3 Å². The van der Waals surface area contributed by atoms with E-state index in [0.717, 1.165) is 12.8 Å². The van der Waals surface area contributed by atoms with Crippen molar-refractivity contribution in [2.24, 2.45) is 0 Å². The Kier molecular flexibility index (Phi) is 6.45. The van der Waals surface area contributed by atoms with Gasteiger partial charge in [-0.1, -0.05) is 25.4 Å². The number of hydrogen-bond acceptors (Lipinski definition) is 3. The highest BCUT2D eigenvalue weighted by Gasteiger charge is 2.14.